The van der Waals surface area contributed by atoms with Crippen LogP contribution in [0, 0.1) is 0 Å². The van der Waals surface area contributed by atoms with Crippen LogP contribution in [0.1, 0.15) is 18.5 Å². The van der Waals surface area contributed by atoms with Crippen molar-refractivity contribution in [3.8, 4) is 0 Å². The highest BCUT2D eigenvalue weighted by atomic mass is 79.9. The van der Waals surface area contributed by atoms with Gasteiger partial charge in [-0.25, -0.2) is 4.79 Å². The number of nitrogens with one attached hydrogen (secondary N) is 3. The summed E-state index contributed by atoms with van der Waals surface area (Å²) in [5, 5.41) is 3.44. The quantitative estimate of drug-likeness (QED) is 0.683. The monoisotopic (exact) mass is 331 g/mol. The van der Waals surface area contributed by atoms with E-state index in [2.05, 4.69) is 38.1 Å². The largest absolute Gasteiger partial charge is 0.378 e. The highest BCUT2D eigenvalue weighted by Gasteiger charge is 2.07. The first-order valence-electron chi connectivity index (χ1n) is 6.36. The SMILES string of the molecule is CC(Nc1cccc(Br)c1)c1ccc2[nH]c(=O)[nH]c2c1. The maximum Gasteiger partial charge on any atom is 0.323 e. The number of hydrogen-bond acceptors (Lipinski definition) is 2. The van der Waals surface area contributed by atoms with Gasteiger partial charge in [0.2, 0.25) is 0 Å². The Morgan fingerprint density at radius 3 is 2.70 bits per heavy atom. The van der Waals surface area contributed by atoms with Gasteiger partial charge in [0.1, 0.15) is 0 Å². The molecule has 1 atom stereocenters. The van der Waals surface area contributed by atoms with Crippen LogP contribution in [-0.4, -0.2) is 9.97 Å². The lowest BCUT2D eigenvalue weighted by Crippen LogP contribution is -2.06. The number of imidazole rings is 1. The third kappa shape index (κ3) is 2.63. The Morgan fingerprint density at radius 2 is 1.90 bits per heavy atom. The summed E-state index contributed by atoms with van der Waals surface area (Å²) in [6, 6.07) is 14.1. The zero-order valence-corrected chi connectivity index (χ0v) is 12.5. The van der Waals surface area contributed by atoms with E-state index in [1.807, 2.05) is 42.5 Å². The minimum absolute atomic E-state index is 0.145. The fourth-order valence-electron chi connectivity index (χ4n) is 2.23. The maximum absolute atomic E-state index is 11.3. The summed E-state index contributed by atoms with van der Waals surface area (Å²) in [6.07, 6.45) is 0. The molecule has 0 amide bonds. The normalized spacial score (nSPS) is 12.5. The van der Waals surface area contributed by atoms with Gasteiger partial charge < -0.3 is 15.3 Å². The fourth-order valence-corrected chi connectivity index (χ4v) is 2.63. The van der Waals surface area contributed by atoms with Crippen molar-refractivity contribution in [2.45, 2.75) is 13.0 Å². The predicted octanol–water partition coefficient (Wildman–Crippen LogP) is 3.79. The Balaban J connectivity index is 1.88. The van der Waals surface area contributed by atoms with E-state index < -0.39 is 0 Å². The fraction of sp³-hybridized carbons (Fsp3) is 0.133. The summed E-state index contributed by atoms with van der Waals surface area (Å²) in [6.45, 7) is 2.09. The zero-order valence-electron chi connectivity index (χ0n) is 10.9. The molecular formula is C15H14BrN3O. The molecule has 0 spiro atoms. The van der Waals surface area contributed by atoms with Crippen molar-refractivity contribution in [3.05, 3.63) is 63.0 Å². The van der Waals surface area contributed by atoms with E-state index in [0.29, 0.717) is 0 Å². The summed E-state index contributed by atoms with van der Waals surface area (Å²) >= 11 is 3.46. The van der Waals surface area contributed by atoms with Gasteiger partial charge in [-0.2, -0.15) is 0 Å². The lowest BCUT2D eigenvalue weighted by molar-refractivity contribution is 0.886. The molecule has 1 unspecified atom stereocenters. The van der Waals surface area contributed by atoms with E-state index in [1.54, 1.807) is 0 Å². The van der Waals surface area contributed by atoms with E-state index in [-0.39, 0.29) is 11.7 Å². The van der Waals surface area contributed by atoms with Gasteiger partial charge in [-0.05, 0) is 42.8 Å². The molecule has 1 aromatic heterocycles. The van der Waals surface area contributed by atoms with E-state index >= 15 is 0 Å². The summed E-state index contributed by atoms with van der Waals surface area (Å²) in [4.78, 5) is 16.8. The van der Waals surface area contributed by atoms with Crippen LogP contribution in [0.5, 0.6) is 0 Å². The van der Waals surface area contributed by atoms with Gasteiger partial charge in [0.25, 0.3) is 0 Å². The molecule has 0 fully saturated rings. The van der Waals surface area contributed by atoms with Crippen molar-refractivity contribution in [1.82, 2.24) is 9.97 Å². The molecule has 2 aromatic carbocycles. The standard InChI is InChI=1S/C15H14BrN3O/c1-9(17-12-4-2-3-11(16)8-12)10-5-6-13-14(7-10)19-15(20)18-13/h2-9,17H,1H3,(H2,18,19,20). The summed E-state index contributed by atoms with van der Waals surface area (Å²) in [5.74, 6) is 0. The Kier molecular flexibility index (Phi) is 3.36. The summed E-state index contributed by atoms with van der Waals surface area (Å²) < 4.78 is 1.04. The molecular weight excluding hydrogens is 318 g/mol. The summed E-state index contributed by atoms with van der Waals surface area (Å²) in [7, 11) is 0. The molecule has 0 aliphatic rings. The van der Waals surface area contributed by atoms with Crippen molar-refractivity contribution in [3.63, 3.8) is 0 Å². The smallest absolute Gasteiger partial charge is 0.323 e. The second-order valence-electron chi connectivity index (χ2n) is 4.76. The molecule has 0 bridgehead atoms. The highest BCUT2D eigenvalue weighted by Crippen LogP contribution is 2.23. The van der Waals surface area contributed by atoms with Crippen LogP contribution >= 0.6 is 15.9 Å². The average molecular weight is 332 g/mol. The van der Waals surface area contributed by atoms with Crippen LogP contribution in [0.4, 0.5) is 5.69 Å². The van der Waals surface area contributed by atoms with Crippen LogP contribution in [-0.2, 0) is 0 Å². The molecule has 0 saturated carbocycles. The molecule has 0 aliphatic heterocycles. The minimum atomic E-state index is -0.176. The van der Waals surface area contributed by atoms with Gasteiger partial charge in [-0.15, -0.1) is 0 Å². The number of hydrogen-bond donors (Lipinski definition) is 3. The molecule has 0 radical (unpaired) electrons. The van der Waals surface area contributed by atoms with E-state index in [0.717, 1.165) is 26.8 Å². The molecule has 3 rings (SSSR count). The number of H-pyrrole nitrogens is 2. The van der Waals surface area contributed by atoms with Gasteiger partial charge in [0.15, 0.2) is 0 Å². The number of halogens is 1. The number of aromatic nitrogens is 2. The number of rotatable bonds is 3. The number of benzene rings is 2. The molecule has 4 nitrogen and oxygen atoms in total. The number of aromatic amines is 2. The molecule has 5 heteroatoms. The molecule has 3 N–H and O–H groups in total. The Bertz CT molecular complexity index is 806. The van der Waals surface area contributed by atoms with Crippen molar-refractivity contribution in [2.24, 2.45) is 0 Å². The second kappa shape index (κ2) is 5.17. The lowest BCUT2D eigenvalue weighted by Gasteiger charge is -2.16. The van der Waals surface area contributed by atoms with Crippen molar-refractivity contribution in [1.29, 1.82) is 0 Å². The van der Waals surface area contributed by atoms with Crippen molar-refractivity contribution < 1.29 is 0 Å². The second-order valence-corrected chi connectivity index (χ2v) is 5.68. The van der Waals surface area contributed by atoms with Crippen LogP contribution in [0.15, 0.2) is 51.7 Å². The molecule has 0 aliphatic carbocycles. The zero-order chi connectivity index (χ0) is 14.1. The van der Waals surface area contributed by atoms with Crippen LogP contribution < -0.4 is 11.0 Å². The van der Waals surface area contributed by atoms with Gasteiger partial charge in [-0.1, -0.05) is 28.1 Å². The van der Waals surface area contributed by atoms with E-state index in [4.69, 9.17) is 0 Å². The van der Waals surface area contributed by atoms with Gasteiger partial charge in [0.05, 0.1) is 11.0 Å². The molecule has 20 heavy (non-hydrogen) atoms. The van der Waals surface area contributed by atoms with Crippen molar-refractivity contribution in [2.75, 3.05) is 5.32 Å². The van der Waals surface area contributed by atoms with Crippen LogP contribution in [0.3, 0.4) is 0 Å². The number of fused-ring (bicyclic) bond motifs is 1. The Morgan fingerprint density at radius 1 is 1.10 bits per heavy atom. The average Bonchev–Trinajstić information content (AvgIpc) is 2.77. The summed E-state index contributed by atoms with van der Waals surface area (Å²) in [5.41, 5.74) is 3.65. The third-order valence-corrected chi connectivity index (χ3v) is 3.74. The van der Waals surface area contributed by atoms with E-state index in [9.17, 15) is 4.79 Å². The van der Waals surface area contributed by atoms with Crippen molar-refractivity contribution >= 4 is 32.7 Å². The molecule has 1 heterocycles. The Hall–Kier alpha value is -2.01. The molecule has 102 valence electrons. The number of anilines is 1. The topological polar surface area (TPSA) is 60.7 Å². The molecule has 0 saturated heterocycles. The maximum atomic E-state index is 11.3. The first-order chi connectivity index (χ1) is 9.61. The van der Waals surface area contributed by atoms with Gasteiger partial charge in [0, 0.05) is 16.2 Å². The first-order valence-corrected chi connectivity index (χ1v) is 7.15. The third-order valence-electron chi connectivity index (χ3n) is 3.25. The highest BCUT2D eigenvalue weighted by molar-refractivity contribution is 9.10. The predicted molar refractivity (Wildman–Crippen MR) is 85.1 cm³/mol. The molecule has 3 aromatic rings. The van der Waals surface area contributed by atoms with E-state index in [1.165, 1.54) is 0 Å². The van der Waals surface area contributed by atoms with Crippen LogP contribution in [0.25, 0.3) is 11.0 Å². The van der Waals surface area contributed by atoms with Gasteiger partial charge >= 0.3 is 5.69 Å². The van der Waals surface area contributed by atoms with Gasteiger partial charge in [-0.3, -0.25) is 0 Å². The Labute approximate surface area is 124 Å². The first kappa shape index (κ1) is 13.0. The lowest BCUT2D eigenvalue weighted by atomic mass is 10.1. The minimum Gasteiger partial charge on any atom is -0.378 e. The van der Waals surface area contributed by atoms with Crippen LogP contribution in [0.2, 0.25) is 0 Å².